The molecule has 1 heterocycles. The maximum Gasteiger partial charge on any atom is 0.121 e. The summed E-state index contributed by atoms with van der Waals surface area (Å²) < 4.78 is 31.8. The molecule has 3 aromatic carbocycles. The van der Waals surface area contributed by atoms with Gasteiger partial charge in [-0.15, -0.1) is 0 Å². The van der Waals surface area contributed by atoms with Crippen molar-refractivity contribution in [2.45, 2.75) is 44.2 Å². The molecule has 1 fully saturated rings. The van der Waals surface area contributed by atoms with Gasteiger partial charge in [0.2, 0.25) is 0 Å². The van der Waals surface area contributed by atoms with Crippen molar-refractivity contribution in [1.29, 1.82) is 0 Å². The van der Waals surface area contributed by atoms with Crippen molar-refractivity contribution in [2.24, 2.45) is 0 Å². The average Bonchev–Trinajstić information content (AvgIpc) is 3.29. The van der Waals surface area contributed by atoms with Crippen LogP contribution in [0.4, 0.5) is 0 Å². The number of benzene rings is 3. The lowest BCUT2D eigenvalue weighted by atomic mass is 10.1. The van der Waals surface area contributed by atoms with Gasteiger partial charge in [0.15, 0.2) is 0 Å². The van der Waals surface area contributed by atoms with Crippen molar-refractivity contribution >= 4 is 15.9 Å². The zero-order valence-electron chi connectivity index (χ0n) is 20.8. The molecule has 0 radical (unpaired) electrons. The molecule has 4 rings (SSSR count). The molecule has 1 aliphatic heterocycles. The van der Waals surface area contributed by atoms with E-state index in [2.05, 4.69) is 22.5 Å². The summed E-state index contributed by atoms with van der Waals surface area (Å²) in [5.41, 5.74) is 3.27. The first-order chi connectivity index (χ1) is 18.2. The molecular formula is C31H33BrO5. The van der Waals surface area contributed by atoms with E-state index < -0.39 is 6.10 Å². The van der Waals surface area contributed by atoms with Crippen LogP contribution in [0.2, 0.25) is 0 Å². The summed E-state index contributed by atoms with van der Waals surface area (Å²) in [6, 6.07) is 30.3. The summed E-state index contributed by atoms with van der Waals surface area (Å²) >= 11 is 3.66. The number of ether oxygens (including phenoxy) is 5. The van der Waals surface area contributed by atoms with Gasteiger partial charge in [-0.25, -0.2) is 0 Å². The van der Waals surface area contributed by atoms with Crippen LogP contribution in [-0.4, -0.2) is 37.6 Å². The van der Waals surface area contributed by atoms with E-state index >= 15 is 0 Å². The highest BCUT2D eigenvalue weighted by molar-refractivity contribution is 9.11. The van der Waals surface area contributed by atoms with Gasteiger partial charge in [0.1, 0.15) is 31.0 Å². The van der Waals surface area contributed by atoms with Crippen molar-refractivity contribution < 1.29 is 23.7 Å². The Labute approximate surface area is 227 Å². The normalized spacial score (nSPS) is 21.6. The van der Waals surface area contributed by atoms with Gasteiger partial charge < -0.3 is 23.7 Å². The molecule has 6 heteroatoms. The maximum atomic E-state index is 6.50. The van der Waals surface area contributed by atoms with Crippen LogP contribution in [0.1, 0.15) is 16.7 Å². The largest absolute Gasteiger partial charge is 0.496 e. The van der Waals surface area contributed by atoms with Crippen LogP contribution in [-0.2, 0) is 43.5 Å². The van der Waals surface area contributed by atoms with E-state index in [0.29, 0.717) is 33.0 Å². The number of halogens is 1. The Morgan fingerprint density at radius 1 is 0.757 bits per heavy atom. The molecule has 4 atom stereocenters. The average molecular weight is 566 g/mol. The lowest BCUT2D eigenvalue weighted by Crippen LogP contribution is -2.39. The molecule has 5 nitrogen and oxygen atoms in total. The van der Waals surface area contributed by atoms with Gasteiger partial charge in [0, 0.05) is 0 Å². The van der Waals surface area contributed by atoms with Gasteiger partial charge in [-0.2, -0.15) is 0 Å². The van der Waals surface area contributed by atoms with Crippen molar-refractivity contribution in [2.75, 3.05) is 13.2 Å². The molecule has 0 N–H and O–H groups in total. The number of rotatable bonds is 14. The fourth-order valence-electron chi connectivity index (χ4n) is 4.13. The molecule has 3 aromatic rings. The third-order valence-corrected chi connectivity index (χ3v) is 6.59. The quantitative estimate of drug-likeness (QED) is 0.126. The van der Waals surface area contributed by atoms with Gasteiger partial charge in [0.05, 0.1) is 37.2 Å². The molecular weight excluding hydrogens is 532 g/mol. The van der Waals surface area contributed by atoms with Crippen molar-refractivity contribution in [1.82, 2.24) is 0 Å². The second kappa shape index (κ2) is 14.9. The van der Waals surface area contributed by atoms with Crippen molar-refractivity contribution in [3.8, 4) is 0 Å². The minimum Gasteiger partial charge on any atom is -0.496 e. The predicted octanol–water partition coefficient (Wildman–Crippen LogP) is 6.58. The third-order valence-electron chi connectivity index (χ3n) is 5.96. The fraction of sp³-hybridized carbons (Fsp3) is 0.290. The minimum absolute atomic E-state index is 0.335. The van der Waals surface area contributed by atoms with Gasteiger partial charge in [-0.05, 0) is 32.6 Å². The summed E-state index contributed by atoms with van der Waals surface area (Å²) in [6.45, 7) is 5.83. The Morgan fingerprint density at radius 2 is 1.27 bits per heavy atom. The highest BCUT2D eigenvalue weighted by Crippen LogP contribution is 2.35. The summed E-state index contributed by atoms with van der Waals surface area (Å²) in [4.78, 5) is 0. The lowest BCUT2D eigenvalue weighted by Gasteiger charge is -2.25. The molecule has 1 saturated heterocycles. The Hall–Kier alpha value is -2.74. The van der Waals surface area contributed by atoms with Crippen LogP contribution in [0.3, 0.4) is 0 Å². The van der Waals surface area contributed by atoms with Crippen LogP contribution < -0.4 is 0 Å². The van der Waals surface area contributed by atoms with E-state index in [0.717, 1.165) is 21.2 Å². The first-order valence-electron chi connectivity index (χ1n) is 12.4. The van der Waals surface area contributed by atoms with E-state index in [9.17, 15) is 0 Å². The zero-order chi connectivity index (χ0) is 25.7. The van der Waals surface area contributed by atoms with Crippen LogP contribution in [0.5, 0.6) is 0 Å². The number of hydrogen-bond donors (Lipinski definition) is 0. The highest BCUT2D eigenvalue weighted by atomic mass is 79.9. The van der Waals surface area contributed by atoms with Crippen LogP contribution in [0, 0.1) is 0 Å². The lowest BCUT2D eigenvalue weighted by molar-refractivity contribution is -0.0896. The summed E-state index contributed by atoms with van der Waals surface area (Å²) in [5, 5.41) is 0. The standard InChI is InChI=1S/C31H33BrO5/c1-2-18-33-22-27(32)29-31(36-21-26-16-10-5-11-17-26)30(35-20-25-14-8-4-9-15-25)28(37-29)23-34-19-24-12-6-3-7-13-24/h2-17,22,28-31H,1,18-21,23H2/b27-22-/t28-,29?,30-,31-/m1/s1. The van der Waals surface area contributed by atoms with Crippen LogP contribution >= 0.6 is 15.9 Å². The van der Waals surface area contributed by atoms with Gasteiger partial charge >= 0.3 is 0 Å². The SMILES string of the molecule is C=CCO/C=C(\Br)C1O[C@H](COCc2ccccc2)[C@@H](OCc2ccccc2)[C@@H]1OCc1ccccc1. The molecule has 0 amide bonds. The summed E-state index contributed by atoms with van der Waals surface area (Å²) in [6.07, 6.45) is 1.85. The van der Waals surface area contributed by atoms with Gasteiger partial charge in [-0.3, -0.25) is 0 Å². The Morgan fingerprint density at radius 3 is 1.81 bits per heavy atom. The van der Waals surface area contributed by atoms with Crippen molar-refractivity contribution in [3.63, 3.8) is 0 Å². The first kappa shape index (κ1) is 27.3. The molecule has 194 valence electrons. The minimum atomic E-state index is -0.417. The van der Waals surface area contributed by atoms with E-state index in [1.807, 2.05) is 91.0 Å². The first-order valence-corrected chi connectivity index (χ1v) is 13.2. The van der Waals surface area contributed by atoms with Gasteiger partial charge in [-0.1, -0.05) is 104 Å². The smallest absolute Gasteiger partial charge is 0.121 e. The predicted molar refractivity (Wildman–Crippen MR) is 148 cm³/mol. The topological polar surface area (TPSA) is 46.2 Å². The molecule has 0 aromatic heterocycles. The van der Waals surface area contributed by atoms with Gasteiger partial charge in [0.25, 0.3) is 0 Å². The molecule has 0 saturated carbocycles. The Kier molecular flexibility index (Phi) is 11.0. The summed E-state index contributed by atoms with van der Waals surface area (Å²) in [5.74, 6) is 0. The monoisotopic (exact) mass is 564 g/mol. The van der Waals surface area contributed by atoms with Crippen LogP contribution in [0.25, 0.3) is 0 Å². The second-order valence-corrected chi connectivity index (χ2v) is 9.66. The van der Waals surface area contributed by atoms with E-state index in [1.54, 1.807) is 12.3 Å². The molecule has 37 heavy (non-hydrogen) atoms. The molecule has 0 bridgehead atoms. The molecule has 0 aliphatic carbocycles. The fourth-order valence-corrected chi connectivity index (χ4v) is 4.63. The van der Waals surface area contributed by atoms with Crippen molar-refractivity contribution in [3.05, 3.63) is 131 Å². The molecule has 1 unspecified atom stereocenters. The summed E-state index contributed by atoms with van der Waals surface area (Å²) in [7, 11) is 0. The zero-order valence-corrected chi connectivity index (χ0v) is 22.4. The Bertz CT molecular complexity index is 1090. The maximum absolute atomic E-state index is 6.50. The molecule has 1 aliphatic rings. The molecule has 0 spiro atoms. The van der Waals surface area contributed by atoms with E-state index in [-0.39, 0.29) is 18.3 Å². The van der Waals surface area contributed by atoms with Crippen LogP contribution in [0.15, 0.2) is 114 Å². The van der Waals surface area contributed by atoms with E-state index in [1.165, 1.54) is 0 Å². The number of hydrogen-bond acceptors (Lipinski definition) is 5. The highest BCUT2D eigenvalue weighted by Gasteiger charge is 2.47. The Balaban J connectivity index is 1.52. The van der Waals surface area contributed by atoms with E-state index in [4.69, 9.17) is 23.7 Å². The second-order valence-electron chi connectivity index (χ2n) is 8.74. The third kappa shape index (κ3) is 8.38.